The third kappa shape index (κ3) is 6.97. The van der Waals surface area contributed by atoms with Crippen LogP contribution in [-0.4, -0.2) is 62.0 Å². The highest BCUT2D eigenvalue weighted by Gasteiger charge is 2.27. The molecule has 214 valence electrons. The van der Waals surface area contributed by atoms with Gasteiger partial charge in [-0.15, -0.1) is 0 Å². The number of amides is 2. The van der Waals surface area contributed by atoms with Crippen molar-refractivity contribution in [2.75, 3.05) is 60.8 Å². The molecule has 2 heterocycles. The Kier molecular flexibility index (Phi) is 9.37. The van der Waals surface area contributed by atoms with Crippen molar-refractivity contribution in [1.82, 2.24) is 8.43 Å². The maximum absolute atomic E-state index is 13.8. The number of methoxy groups -OCH3 is 2. The van der Waals surface area contributed by atoms with Crippen LogP contribution in [0.15, 0.2) is 83.6 Å². The standard InChI is InChI=1S/C29H31ClIN7O3/c1-40-22-11-12-25(26(17-22)41-2)34-27-18-28(33-19-32-27)38(29(39)35-24-6-4-3-5-23(24)30)21-9-7-20(8-10-21)36-13-15-37(31)16-14-36/h3-12,17-19,28,34H,13-16H2,1-2H3,(H,32,33)(H,35,39). The number of rotatable bonds is 8. The van der Waals surface area contributed by atoms with Gasteiger partial charge in [-0.3, -0.25) is 4.90 Å². The lowest BCUT2D eigenvalue weighted by atomic mass is 10.2. The highest BCUT2D eigenvalue weighted by molar-refractivity contribution is 14.1. The smallest absolute Gasteiger partial charge is 0.328 e. The van der Waals surface area contributed by atoms with E-state index < -0.39 is 6.17 Å². The minimum absolute atomic E-state index is 0.369. The highest BCUT2D eigenvalue weighted by Crippen LogP contribution is 2.31. The molecule has 5 rings (SSSR count). The van der Waals surface area contributed by atoms with Crippen molar-refractivity contribution < 1.29 is 14.3 Å². The summed E-state index contributed by atoms with van der Waals surface area (Å²) in [5, 5.41) is 9.84. The van der Waals surface area contributed by atoms with Crippen LogP contribution in [0.25, 0.3) is 0 Å². The molecule has 0 aliphatic carbocycles. The topological polar surface area (TPSA) is 93.7 Å². The second kappa shape index (κ2) is 13.3. The molecular weight excluding hydrogens is 657 g/mol. The number of carbonyl (C=O) groups is 1. The Labute approximate surface area is 258 Å². The first kappa shape index (κ1) is 28.8. The van der Waals surface area contributed by atoms with Crippen molar-refractivity contribution in [2.45, 2.75) is 6.17 Å². The number of urea groups is 1. The van der Waals surface area contributed by atoms with Gasteiger partial charge < -0.3 is 30.3 Å². The predicted octanol–water partition coefficient (Wildman–Crippen LogP) is 5.78. The van der Waals surface area contributed by atoms with Crippen molar-refractivity contribution in [2.24, 2.45) is 4.99 Å². The second-order valence-electron chi connectivity index (χ2n) is 9.30. The van der Waals surface area contributed by atoms with Crippen LogP contribution in [0.2, 0.25) is 5.02 Å². The molecule has 1 fully saturated rings. The van der Waals surface area contributed by atoms with Crippen molar-refractivity contribution in [1.29, 1.82) is 0 Å². The normalized spacial score (nSPS) is 16.8. The van der Waals surface area contributed by atoms with Gasteiger partial charge >= 0.3 is 6.03 Å². The van der Waals surface area contributed by atoms with E-state index >= 15 is 0 Å². The fourth-order valence-electron chi connectivity index (χ4n) is 4.58. The van der Waals surface area contributed by atoms with E-state index in [0.717, 1.165) is 37.6 Å². The van der Waals surface area contributed by atoms with Gasteiger partial charge in [0.25, 0.3) is 0 Å². The molecule has 1 saturated heterocycles. The average Bonchev–Trinajstić information content (AvgIpc) is 3.00. The van der Waals surface area contributed by atoms with Crippen LogP contribution < -0.4 is 35.2 Å². The van der Waals surface area contributed by atoms with Gasteiger partial charge in [0.05, 0.1) is 37.0 Å². The zero-order valence-corrected chi connectivity index (χ0v) is 25.6. The largest absolute Gasteiger partial charge is 0.497 e. The molecule has 3 N–H and O–H groups in total. The highest BCUT2D eigenvalue weighted by atomic mass is 127. The van der Waals surface area contributed by atoms with Crippen LogP contribution in [0.4, 0.5) is 27.5 Å². The van der Waals surface area contributed by atoms with Crippen LogP contribution in [0.3, 0.4) is 0 Å². The summed E-state index contributed by atoms with van der Waals surface area (Å²) in [4.78, 5) is 22.3. The summed E-state index contributed by atoms with van der Waals surface area (Å²) in [5.74, 6) is 1.93. The number of carbonyl (C=O) groups excluding carboxylic acids is 1. The lowest BCUT2D eigenvalue weighted by Gasteiger charge is -2.34. The van der Waals surface area contributed by atoms with Gasteiger partial charge in [-0.25, -0.2) is 12.9 Å². The summed E-state index contributed by atoms with van der Waals surface area (Å²) in [5.41, 5.74) is 3.04. The summed E-state index contributed by atoms with van der Waals surface area (Å²) in [6.07, 6.45) is 2.75. The number of aliphatic imine (C=N–C) groups is 1. The van der Waals surface area contributed by atoms with Crippen molar-refractivity contribution in [3.63, 3.8) is 0 Å². The van der Waals surface area contributed by atoms with E-state index in [0.29, 0.717) is 33.7 Å². The summed E-state index contributed by atoms with van der Waals surface area (Å²) in [7, 11) is 3.20. The van der Waals surface area contributed by atoms with E-state index in [4.69, 9.17) is 21.1 Å². The Morgan fingerprint density at radius 3 is 2.49 bits per heavy atom. The van der Waals surface area contributed by atoms with Gasteiger partial charge in [0.15, 0.2) is 6.17 Å². The first-order valence-corrected chi connectivity index (χ1v) is 14.4. The number of benzene rings is 3. The first-order chi connectivity index (χ1) is 19.9. The van der Waals surface area contributed by atoms with Crippen LogP contribution in [0.5, 0.6) is 11.5 Å². The van der Waals surface area contributed by atoms with E-state index in [2.05, 4.69) is 51.8 Å². The van der Waals surface area contributed by atoms with Crippen molar-refractivity contribution in [3.8, 4) is 11.5 Å². The maximum Gasteiger partial charge on any atom is 0.328 e. The lowest BCUT2D eigenvalue weighted by molar-refractivity contribution is 0.256. The molecule has 0 bridgehead atoms. The minimum atomic E-state index is -0.654. The van der Waals surface area contributed by atoms with Gasteiger partial charge in [-0.2, -0.15) is 0 Å². The number of halogens is 2. The molecule has 41 heavy (non-hydrogen) atoms. The van der Waals surface area contributed by atoms with Crippen molar-refractivity contribution in [3.05, 3.63) is 83.6 Å². The molecule has 10 nitrogen and oxygen atoms in total. The number of hydrogen-bond acceptors (Lipinski definition) is 8. The van der Waals surface area contributed by atoms with E-state index in [-0.39, 0.29) is 6.03 Å². The van der Waals surface area contributed by atoms with Crippen LogP contribution >= 0.6 is 34.5 Å². The first-order valence-electron chi connectivity index (χ1n) is 13.0. The number of ether oxygens (including phenoxy) is 2. The molecule has 3 aromatic carbocycles. The fourth-order valence-corrected chi connectivity index (χ4v) is 5.20. The molecule has 0 saturated carbocycles. The molecule has 1 atom stereocenters. The summed E-state index contributed by atoms with van der Waals surface area (Å²) in [6, 6.07) is 20.2. The summed E-state index contributed by atoms with van der Waals surface area (Å²) < 4.78 is 13.1. The van der Waals surface area contributed by atoms with Gasteiger partial charge in [-0.1, -0.05) is 23.7 Å². The Morgan fingerprint density at radius 1 is 1.02 bits per heavy atom. The lowest BCUT2D eigenvalue weighted by Crippen LogP contribution is -2.44. The van der Waals surface area contributed by atoms with Crippen LogP contribution in [-0.2, 0) is 0 Å². The van der Waals surface area contributed by atoms with E-state index in [1.807, 2.05) is 54.6 Å². The molecule has 2 amide bonds. The van der Waals surface area contributed by atoms with Gasteiger partial charge in [0.2, 0.25) is 0 Å². The van der Waals surface area contributed by atoms with Crippen LogP contribution in [0.1, 0.15) is 0 Å². The Hall–Kier alpha value is -3.68. The number of anilines is 4. The minimum Gasteiger partial charge on any atom is -0.497 e. The van der Waals surface area contributed by atoms with E-state index in [1.54, 1.807) is 43.7 Å². The third-order valence-corrected chi connectivity index (χ3v) is 8.05. The Bertz CT molecular complexity index is 1430. The number of hydrogen-bond donors (Lipinski definition) is 3. The molecule has 0 radical (unpaired) electrons. The third-order valence-electron chi connectivity index (χ3n) is 6.76. The van der Waals surface area contributed by atoms with Gasteiger partial charge in [0.1, 0.15) is 17.3 Å². The van der Waals surface area contributed by atoms with Crippen molar-refractivity contribution >= 4 is 69.6 Å². The maximum atomic E-state index is 13.8. The number of piperazine rings is 1. The SMILES string of the molecule is COc1ccc(NC2=CC(N(C(=O)Nc3ccccc3Cl)c3ccc(N4CCN(I)CC4)cc3)N=CN2)c(OC)c1. The monoisotopic (exact) mass is 687 g/mol. The van der Waals surface area contributed by atoms with E-state index in [1.165, 1.54) is 0 Å². The van der Waals surface area contributed by atoms with E-state index in [9.17, 15) is 4.79 Å². The number of para-hydroxylation sites is 1. The predicted molar refractivity (Wildman–Crippen MR) is 174 cm³/mol. The van der Waals surface area contributed by atoms with Gasteiger partial charge in [0, 0.05) is 72.6 Å². The van der Waals surface area contributed by atoms with Crippen LogP contribution in [0, 0.1) is 0 Å². The number of nitrogens with one attached hydrogen (secondary N) is 3. The molecule has 0 spiro atoms. The number of nitrogens with zero attached hydrogens (tertiary/aromatic N) is 4. The zero-order chi connectivity index (χ0) is 28.8. The molecule has 1 unspecified atom stereocenters. The van der Waals surface area contributed by atoms with Gasteiger partial charge in [-0.05, 0) is 48.5 Å². The fraction of sp³-hybridized carbons (Fsp3) is 0.241. The summed E-state index contributed by atoms with van der Waals surface area (Å²) in [6.45, 7) is 3.89. The quantitative estimate of drug-likeness (QED) is 0.204. The average molecular weight is 688 g/mol. The molecule has 3 aromatic rings. The Morgan fingerprint density at radius 2 is 1.78 bits per heavy atom. The molecule has 0 aromatic heterocycles. The Balaban J connectivity index is 1.43. The summed E-state index contributed by atoms with van der Waals surface area (Å²) >= 11 is 8.72. The molecule has 2 aliphatic rings. The molecule has 12 heteroatoms. The second-order valence-corrected chi connectivity index (χ2v) is 11.1. The molecular formula is C29H31ClIN7O3. The molecule has 2 aliphatic heterocycles. The zero-order valence-electron chi connectivity index (χ0n) is 22.7.